The minimum Gasteiger partial charge on any atom is -0.490 e. The summed E-state index contributed by atoms with van der Waals surface area (Å²) in [7, 11) is 0. The van der Waals surface area contributed by atoms with Crippen LogP contribution in [0.1, 0.15) is 30.4 Å². The number of ether oxygens (including phenoxy) is 1. The molecule has 3 rings (SSSR count). The van der Waals surface area contributed by atoms with Gasteiger partial charge < -0.3 is 4.74 Å². The molecule has 0 aliphatic carbocycles. The Morgan fingerprint density at radius 1 is 1.14 bits per heavy atom. The monoisotopic (exact) mass is 352 g/mol. The molecule has 0 fully saturated rings. The third-order valence-electron chi connectivity index (χ3n) is 3.86. The van der Waals surface area contributed by atoms with Crippen molar-refractivity contribution in [1.82, 2.24) is 0 Å². The average Bonchev–Trinajstić information content (AvgIpc) is 2.44. The Bertz CT molecular complexity index is 672. The van der Waals surface area contributed by atoms with Crippen molar-refractivity contribution in [3.63, 3.8) is 0 Å². The van der Waals surface area contributed by atoms with Gasteiger partial charge in [-0.15, -0.1) is 0 Å². The third kappa shape index (κ3) is 3.10. The Morgan fingerprint density at radius 3 is 2.71 bits per heavy atom. The van der Waals surface area contributed by atoms with Gasteiger partial charge in [-0.3, -0.25) is 0 Å². The summed E-state index contributed by atoms with van der Waals surface area (Å²) >= 11 is 3.47. The summed E-state index contributed by atoms with van der Waals surface area (Å²) in [6.07, 6.45) is 1.43. The number of fused-ring (bicyclic) bond motifs is 1. The summed E-state index contributed by atoms with van der Waals surface area (Å²) in [6, 6.07) is 10.0. The van der Waals surface area contributed by atoms with E-state index >= 15 is 0 Å². The molecule has 1 aliphatic rings. The van der Waals surface area contributed by atoms with Gasteiger partial charge in [-0.05, 0) is 53.8 Å². The molecule has 1 nitrogen and oxygen atoms in total. The van der Waals surface area contributed by atoms with Crippen molar-refractivity contribution in [2.75, 3.05) is 0 Å². The Kier molecular flexibility index (Phi) is 3.98. The lowest BCUT2D eigenvalue weighted by atomic mass is 9.89. The molecule has 1 aliphatic heterocycles. The SMILES string of the molecule is C[C@@H]1C[C@H](Cc2ccc(F)c(F)c2)Oc2ccc(Br)cc21. The van der Waals surface area contributed by atoms with Gasteiger partial charge in [0.2, 0.25) is 0 Å². The van der Waals surface area contributed by atoms with Gasteiger partial charge in [0.15, 0.2) is 11.6 Å². The molecule has 0 aromatic heterocycles. The van der Waals surface area contributed by atoms with Crippen molar-refractivity contribution < 1.29 is 13.5 Å². The molecular weight excluding hydrogens is 338 g/mol. The van der Waals surface area contributed by atoms with Crippen LogP contribution in [0.25, 0.3) is 0 Å². The van der Waals surface area contributed by atoms with Gasteiger partial charge in [-0.25, -0.2) is 8.78 Å². The molecule has 0 spiro atoms. The fraction of sp³-hybridized carbons (Fsp3) is 0.294. The molecule has 0 bridgehead atoms. The van der Waals surface area contributed by atoms with E-state index in [1.807, 2.05) is 12.1 Å². The van der Waals surface area contributed by atoms with Crippen molar-refractivity contribution in [1.29, 1.82) is 0 Å². The highest BCUT2D eigenvalue weighted by molar-refractivity contribution is 9.10. The summed E-state index contributed by atoms with van der Waals surface area (Å²) in [6.45, 7) is 2.16. The quantitative estimate of drug-likeness (QED) is 0.719. The lowest BCUT2D eigenvalue weighted by Gasteiger charge is -2.30. The van der Waals surface area contributed by atoms with Gasteiger partial charge in [0.25, 0.3) is 0 Å². The zero-order valence-electron chi connectivity index (χ0n) is 11.6. The molecule has 0 radical (unpaired) electrons. The highest BCUT2D eigenvalue weighted by Crippen LogP contribution is 2.38. The molecule has 2 aromatic carbocycles. The van der Waals surface area contributed by atoms with Gasteiger partial charge in [-0.2, -0.15) is 0 Å². The zero-order chi connectivity index (χ0) is 15.0. The molecule has 110 valence electrons. The highest BCUT2D eigenvalue weighted by Gasteiger charge is 2.26. The van der Waals surface area contributed by atoms with E-state index in [0.29, 0.717) is 12.3 Å². The summed E-state index contributed by atoms with van der Waals surface area (Å²) < 4.78 is 33.3. The van der Waals surface area contributed by atoms with Crippen LogP contribution < -0.4 is 4.74 Å². The van der Waals surface area contributed by atoms with Gasteiger partial charge in [0.05, 0.1) is 0 Å². The summed E-state index contributed by atoms with van der Waals surface area (Å²) in [4.78, 5) is 0. The maximum atomic E-state index is 13.3. The van der Waals surface area contributed by atoms with Crippen LogP contribution in [0, 0.1) is 11.6 Å². The normalized spacial score (nSPS) is 20.8. The van der Waals surface area contributed by atoms with E-state index in [9.17, 15) is 8.78 Å². The smallest absolute Gasteiger partial charge is 0.159 e. The molecule has 2 atom stereocenters. The van der Waals surface area contributed by atoms with Crippen LogP contribution in [-0.2, 0) is 6.42 Å². The summed E-state index contributed by atoms with van der Waals surface area (Å²) in [5.74, 6) is -0.362. The molecule has 21 heavy (non-hydrogen) atoms. The lowest BCUT2D eigenvalue weighted by Crippen LogP contribution is -2.26. The molecule has 4 heteroatoms. The van der Waals surface area contributed by atoms with Crippen molar-refractivity contribution in [3.8, 4) is 5.75 Å². The van der Waals surface area contributed by atoms with Gasteiger partial charge in [-0.1, -0.05) is 28.9 Å². The maximum absolute atomic E-state index is 13.3. The number of rotatable bonds is 2. The first-order chi connectivity index (χ1) is 10.0. The Balaban J connectivity index is 1.79. The molecule has 0 unspecified atom stereocenters. The minimum atomic E-state index is -0.813. The van der Waals surface area contributed by atoms with Crippen molar-refractivity contribution in [2.45, 2.75) is 31.8 Å². The lowest BCUT2D eigenvalue weighted by molar-refractivity contribution is 0.161. The predicted octanol–water partition coefficient (Wildman–Crippen LogP) is 5.22. The molecule has 0 amide bonds. The van der Waals surface area contributed by atoms with E-state index < -0.39 is 11.6 Å². The van der Waals surface area contributed by atoms with Gasteiger partial charge >= 0.3 is 0 Å². The third-order valence-corrected chi connectivity index (χ3v) is 4.35. The van der Waals surface area contributed by atoms with E-state index in [4.69, 9.17) is 4.74 Å². The van der Waals surface area contributed by atoms with Crippen LogP contribution in [0.3, 0.4) is 0 Å². The largest absolute Gasteiger partial charge is 0.490 e. The first kappa shape index (κ1) is 14.5. The Labute approximate surface area is 131 Å². The first-order valence-corrected chi connectivity index (χ1v) is 7.72. The Hall–Kier alpha value is -1.42. The van der Waals surface area contributed by atoms with Crippen LogP contribution >= 0.6 is 15.9 Å². The van der Waals surface area contributed by atoms with Crippen LogP contribution in [0.5, 0.6) is 5.75 Å². The number of halogens is 3. The Morgan fingerprint density at radius 2 is 1.95 bits per heavy atom. The summed E-state index contributed by atoms with van der Waals surface area (Å²) in [5, 5.41) is 0. The van der Waals surface area contributed by atoms with E-state index in [2.05, 4.69) is 28.9 Å². The maximum Gasteiger partial charge on any atom is 0.159 e. The fourth-order valence-electron chi connectivity index (χ4n) is 2.82. The second-order valence-electron chi connectivity index (χ2n) is 5.51. The number of hydrogen-bond acceptors (Lipinski definition) is 1. The molecular formula is C17H15BrF2O. The molecule has 0 N–H and O–H groups in total. The number of hydrogen-bond donors (Lipinski definition) is 0. The van der Waals surface area contributed by atoms with Crippen LogP contribution in [0.2, 0.25) is 0 Å². The minimum absolute atomic E-state index is 0.0152. The summed E-state index contributed by atoms with van der Waals surface area (Å²) in [5.41, 5.74) is 1.94. The molecule has 2 aromatic rings. The van der Waals surface area contributed by atoms with E-state index in [0.717, 1.165) is 22.2 Å². The predicted molar refractivity (Wildman–Crippen MR) is 81.7 cm³/mol. The van der Waals surface area contributed by atoms with Gasteiger partial charge in [0.1, 0.15) is 11.9 Å². The first-order valence-electron chi connectivity index (χ1n) is 6.93. The second-order valence-corrected chi connectivity index (χ2v) is 6.43. The second kappa shape index (κ2) is 5.76. The van der Waals surface area contributed by atoms with Crippen LogP contribution in [-0.4, -0.2) is 6.10 Å². The zero-order valence-corrected chi connectivity index (χ0v) is 13.2. The van der Waals surface area contributed by atoms with Gasteiger partial charge in [0, 0.05) is 10.9 Å². The average molecular weight is 353 g/mol. The highest BCUT2D eigenvalue weighted by atomic mass is 79.9. The van der Waals surface area contributed by atoms with E-state index in [-0.39, 0.29) is 6.10 Å². The molecule has 1 heterocycles. The number of benzene rings is 2. The van der Waals surface area contributed by atoms with E-state index in [1.54, 1.807) is 6.07 Å². The van der Waals surface area contributed by atoms with E-state index in [1.165, 1.54) is 17.7 Å². The van der Waals surface area contributed by atoms with Crippen molar-refractivity contribution in [3.05, 3.63) is 63.6 Å². The van der Waals surface area contributed by atoms with Crippen molar-refractivity contribution in [2.24, 2.45) is 0 Å². The molecule has 0 saturated heterocycles. The van der Waals surface area contributed by atoms with Crippen molar-refractivity contribution >= 4 is 15.9 Å². The van der Waals surface area contributed by atoms with Crippen LogP contribution in [0.4, 0.5) is 8.78 Å². The molecule has 0 saturated carbocycles. The topological polar surface area (TPSA) is 9.23 Å². The standard InChI is InChI=1S/C17H15BrF2O/c1-10-6-13(7-11-2-4-15(19)16(20)8-11)21-17-5-3-12(18)9-14(10)17/h2-5,8-10,13H,6-7H2,1H3/t10-,13-/m1/s1. The fourth-order valence-corrected chi connectivity index (χ4v) is 3.19. The van der Waals surface area contributed by atoms with Crippen LogP contribution in [0.15, 0.2) is 40.9 Å².